The maximum Gasteiger partial charge on any atom is 0.119 e. The molecule has 2 rings (SSSR count). The fourth-order valence-electron chi connectivity index (χ4n) is 3.60. The van der Waals surface area contributed by atoms with Crippen LogP contribution >= 0.6 is 0 Å². The second-order valence-electron chi connectivity index (χ2n) is 6.76. The lowest BCUT2D eigenvalue weighted by Crippen LogP contribution is -2.01. The molecule has 0 fully saturated rings. The first-order valence-electron chi connectivity index (χ1n) is 9.48. The smallest absolute Gasteiger partial charge is 0.119 e. The van der Waals surface area contributed by atoms with Gasteiger partial charge in [-0.25, -0.2) is 0 Å². The summed E-state index contributed by atoms with van der Waals surface area (Å²) < 4.78 is 0. The number of rotatable bonds is 10. The van der Waals surface area contributed by atoms with Crippen molar-refractivity contribution in [3.8, 4) is 5.75 Å². The number of phenolic OH excluding ortho intramolecular Hbond substituents is 1. The molecule has 0 aliphatic carbocycles. The highest BCUT2D eigenvalue weighted by atomic mass is 16.3. The van der Waals surface area contributed by atoms with Gasteiger partial charge in [-0.15, -0.1) is 0 Å². The fraction of sp³-hybridized carbons (Fsp3) is 0.545. The van der Waals surface area contributed by atoms with Crippen LogP contribution in [0.5, 0.6) is 5.75 Å². The van der Waals surface area contributed by atoms with Gasteiger partial charge in [0.2, 0.25) is 0 Å². The largest absolute Gasteiger partial charge is 0.508 e. The topological polar surface area (TPSA) is 20.2 Å². The van der Waals surface area contributed by atoms with Crippen LogP contribution in [0.2, 0.25) is 0 Å². The molecule has 0 spiro atoms. The third-order valence-electron chi connectivity index (χ3n) is 4.92. The van der Waals surface area contributed by atoms with E-state index in [1.165, 1.54) is 74.1 Å². The third-order valence-corrected chi connectivity index (χ3v) is 4.92. The number of hydrogen-bond acceptors (Lipinski definition) is 1. The lowest BCUT2D eigenvalue weighted by atomic mass is 9.85. The summed E-state index contributed by atoms with van der Waals surface area (Å²) in [6.07, 6.45) is 11.4. The summed E-state index contributed by atoms with van der Waals surface area (Å²) in [6.45, 7) is 4.51. The van der Waals surface area contributed by atoms with Gasteiger partial charge in [-0.3, -0.25) is 0 Å². The van der Waals surface area contributed by atoms with Crippen LogP contribution in [0, 0.1) is 0 Å². The van der Waals surface area contributed by atoms with Gasteiger partial charge in [0.1, 0.15) is 5.75 Å². The Labute approximate surface area is 141 Å². The quantitative estimate of drug-likeness (QED) is 0.461. The van der Waals surface area contributed by atoms with Crippen molar-refractivity contribution in [3.05, 3.63) is 42.0 Å². The van der Waals surface area contributed by atoms with Crippen LogP contribution in [-0.2, 0) is 0 Å². The monoisotopic (exact) mass is 312 g/mol. The molecular weight excluding hydrogens is 280 g/mol. The zero-order chi connectivity index (χ0) is 16.5. The average Bonchev–Trinajstić information content (AvgIpc) is 2.57. The van der Waals surface area contributed by atoms with E-state index >= 15 is 0 Å². The van der Waals surface area contributed by atoms with Crippen molar-refractivity contribution in [3.63, 3.8) is 0 Å². The van der Waals surface area contributed by atoms with Crippen LogP contribution in [0.3, 0.4) is 0 Å². The maximum absolute atomic E-state index is 10.5. The third kappa shape index (κ3) is 4.99. The van der Waals surface area contributed by atoms with Crippen molar-refractivity contribution >= 4 is 10.8 Å². The molecule has 1 N–H and O–H groups in total. The lowest BCUT2D eigenvalue weighted by Gasteiger charge is -2.21. The standard InChI is InChI=1S/C22H32O/c1-3-5-7-9-14-19(13-8-6-4-2)22-20-15-11-10-12-18(20)16-17-21(22)23/h10-12,15-17,19,23H,3-9,13-14H2,1-2H3. The van der Waals surface area contributed by atoms with E-state index in [4.69, 9.17) is 0 Å². The molecule has 0 heterocycles. The van der Waals surface area contributed by atoms with Crippen molar-refractivity contribution in [2.24, 2.45) is 0 Å². The van der Waals surface area contributed by atoms with E-state index in [0.717, 1.165) is 0 Å². The first kappa shape index (κ1) is 17.8. The number of fused-ring (bicyclic) bond motifs is 1. The normalized spacial score (nSPS) is 12.6. The molecule has 1 nitrogen and oxygen atoms in total. The maximum atomic E-state index is 10.5. The van der Waals surface area contributed by atoms with Gasteiger partial charge in [-0.2, -0.15) is 0 Å². The van der Waals surface area contributed by atoms with Gasteiger partial charge in [-0.05, 0) is 35.6 Å². The summed E-state index contributed by atoms with van der Waals surface area (Å²) in [5.74, 6) is 0.977. The van der Waals surface area contributed by atoms with Crippen molar-refractivity contribution in [2.75, 3.05) is 0 Å². The highest BCUT2D eigenvalue weighted by Crippen LogP contribution is 2.38. The molecule has 2 aromatic rings. The van der Waals surface area contributed by atoms with Crippen LogP contribution in [0.4, 0.5) is 0 Å². The van der Waals surface area contributed by atoms with Gasteiger partial charge in [0.25, 0.3) is 0 Å². The zero-order valence-electron chi connectivity index (χ0n) is 14.9. The molecule has 0 aromatic heterocycles. The molecule has 0 bridgehead atoms. The van der Waals surface area contributed by atoms with Crippen molar-refractivity contribution in [2.45, 2.75) is 77.6 Å². The second-order valence-corrected chi connectivity index (χ2v) is 6.76. The molecule has 0 saturated heterocycles. The van der Waals surface area contributed by atoms with Crippen LogP contribution in [0.15, 0.2) is 36.4 Å². The average molecular weight is 312 g/mol. The van der Waals surface area contributed by atoms with Gasteiger partial charge in [-0.1, -0.05) is 89.1 Å². The highest BCUT2D eigenvalue weighted by molar-refractivity contribution is 5.88. The summed E-state index contributed by atoms with van der Waals surface area (Å²) >= 11 is 0. The fourth-order valence-corrected chi connectivity index (χ4v) is 3.60. The summed E-state index contributed by atoms with van der Waals surface area (Å²) in [7, 11) is 0. The SMILES string of the molecule is CCCCCCC(CCCCC)c1c(O)ccc2ccccc12. The minimum atomic E-state index is 0.487. The number of aromatic hydroxyl groups is 1. The molecule has 126 valence electrons. The van der Waals surface area contributed by atoms with E-state index in [0.29, 0.717) is 11.7 Å². The van der Waals surface area contributed by atoms with E-state index in [-0.39, 0.29) is 0 Å². The van der Waals surface area contributed by atoms with E-state index in [9.17, 15) is 5.11 Å². The Morgan fingerprint density at radius 2 is 1.43 bits per heavy atom. The number of unbranched alkanes of at least 4 members (excludes halogenated alkanes) is 5. The minimum Gasteiger partial charge on any atom is -0.508 e. The van der Waals surface area contributed by atoms with Crippen LogP contribution in [-0.4, -0.2) is 5.11 Å². The molecule has 0 aliphatic rings. The van der Waals surface area contributed by atoms with Crippen LogP contribution in [0.25, 0.3) is 10.8 Å². The molecular formula is C22H32O. The Balaban J connectivity index is 2.24. The van der Waals surface area contributed by atoms with Crippen LogP contribution < -0.4 is 0 Å². The Morgan fingerprint density at radius 3 is 2.17 bits per heavy atom. The van der Waals surface area contributed by atoms with Gasteiger partial charge in [0.15, 0.2) is 0 Å². The first-order chi connectivity index (χ1) is 11.3. The van der Waals surface area contributed by atoms with Gasteiger partial charge in [0, 0.05) is 5.56 Å². The predicted octanol–water partition coefficient (Wildman–Crippen LogP) is 7.18. The molecule has 23 heavy (non-hydrogen) atoms. The Bertz CT molecular complexity index is 588. The van der Waals surface area contributed by atoms with Gasteiger partial charge in [0.05, 0.1) is 0 Å². The minimum absolute atomic E-state index is 0.487. The molecule has 2 aromatic carbocycles. The molecule has 1 heteroatoms. The van der Waals surface area contributed by atoms with E-state index < -0.39 is 0 Å². The summed E-state index contributed by atoms with van der Waals surface area (Å²) in [6, 6.07) is 12.4. The van der Waals surface area contributed by atoms with Crippen LogP contribution in [0.1, 0.15) is 83.1 Å². The Morgan fingerprint density at radius 1 is 0.783 bits per heavy atom. The van der Waals surface area contributed by atoms with Gasteiger partial charge < -0.3 is 5.11 Å². The predicted molar refractivity (Wildman–Crippen MR) is 101 cm³/mol. The van der Waals surface area contributed by atoms with Gasteiger partial charge >= 0.3 is 0 Å². The second kappa shape index (κ2) is 9.60. The Hall–Kier alpha value is -1.50. The van der Waals surface area contributed by atoms with E-state index in [1.807, 2.05) is 12.1 Å². The van der Waals surface area contributed by atoms with Crippen molar-refractivity contribution in [1.29, 1.82) is 0 Å². The molecule has 0 aliphatic heterocycles. The molecule has 0 saturated carbocycles. The van der Waals surface area contributed by atoms with E-state index in [2.05, 4.69) is 38.1 Å². The summed E-state index contributed by atoms with van der Waals surface area (Å²) in [5.41, 5.74) is 1.19. The van der Waals surface area contributed by atoms with Crippen molar-refractivity contribution < 1.29 is 5.11 Å². The first-order valence-corrected chi connectivity index (χ1v) is 9.48. The Kier molecular flexibility index (Phi) is 7.45. The lowest BCUT2D eigenvalue weighted by molar-refractivity contribution is 0.443. The number of hydrogen-bond donors (Lipinski definition) is 1. The summed E-state index contributed by atoms with van der Waals surface area (Å²) in [5, 5.41) is 13.0. The number of benzene rings is 2. The molecule has 0 amide bonds. The zero-order valence-corrected chi connectivity index (χ0v) is 14.9. The number of phenols is 1. The van der Waals surface area contributed by atoms with E-state index in [1.54, 1.807) is 0 Å². The highest BCUT2D eigenvalue weighted by Gasteiger charge is 2.18. The summed E-state index contributed by atoms with van der Waals surface area (Å²) in [4.78, 5) is 0. The molecule has 1 unspecified atom stereocenters. The molecule has 0 radical (unpaired) electrons. The molecule has 1 atom stereocenters. The van der Waals surface area contributed by atoms with Crippen molar-refractivity contribution in [1.82, 2.24) is 0 Å².